The van der Waals surface area contributed by atoms with Crippen molar-refractivity contribution in [3.63, 3.8) is 0 Å². The van der Waals surface area contributed by atoms with Gasteiger partial charge in [-0.3, -0.25) is 14.9 Å². The van der Waals surface area contributed by atoms with E-state index in [0.29, 0.717) is 5.69 Å². The number of nitro groups is 1. The highest BCUT2D eigenvalue weighted by Gasteiger charge is 2.17. The van der Waals surface area contributed by atoms with E-state index in [2.05, 4.69) is 43.8 Å². The molecule has 0 saturated heterocycles. The molecule has 2 rings (SSSR count). The maximum absolute atomic E-state index is 11.8. The second kappa shape index (κ2) is 5.70. The summed E-state index contributed by atoms with van der Waals surface area (Å²) in [6.45, 7) is 0. The minimum absolute atomic E-state index is 0.106. The van der Waals surface area contributed by atoms with Crippen LogP contribution in [-0.4, -0.2) is 10.8 Å². The number of furan rings is 1. The van der Waals surface area contributed by atoms with Crippen molar-refractivity contribution in [1.82, 2.24) is 0 Å². The van der Waals surface area contributed by atoms with E-state index in [0.717, 1.165) is 14.1 Å². The molecule has 0 aliphatic heterocycles. The molecule has 0 spiro atoms. The number of anilines is 1. The van der Waals surface area contributed by atoms with Crippen molar-refractivity contribution in [2.24, 2.45) is 0 Å². The van der Waals surface area contributed by atoms with Crippen LogP contribution in [-0.2, 0) is 0 Å². The van der Waals surface area contributed by atoms with Crippen molar-refractivity contribution < 1.29 is 14.1 Å². The third-order valence-electron chi connectivity index (χ3n) is 2.17. The molecule has 0 radical (unpaired) electrons. The highest BCUT2D eigenvalue weighted by molar-refractivity contribution is 14.1. The van der Waals surface area contributed by atoms with Crippen LogP contribution in [0.15, 0.2) is 39.2 Å². The molecule has 0 saturated carbocycles. The fourth-order valence-electron chi connectivity index (χ4n) is 1.32. The molecular weight excluding hydrogens is 431 g/mol. The van der Waals surface area contributed by atoms with Gasteiger partial charge in [-0.2, -0.15) is 0 Å². The van der Waals surface area contributed by atoms with E-state index in [4.69, 9.17) is 4.42 Å². The summed E-state index contributed by atoms with van der Waals surface area (Å²) in [6.07, 6.45) is 0. The predicted octanol–water partition coefficient (Wildman–Crippen LogP) is 3.81. The standard InChI is InChI=1S/C11H6BrIN2O4/c12-6-1-2-8(7(13)5-6)14-11(16)9-3-4-10(19-9)15(17)18/h1-5H,(H,14,16). The third kappa shape index (κ3) is 3.32. The van der Waals surface area contributed by atoms with Crippen molar-refractivity contribution in [3.8, 4) is 0 Å². The second-order valence-electron chi connectivity index (χ2n) is 3.47. The van der Waals surface area contributed by atoms with Gasteiger partial charge in [0.1, 0.15) is 4.92 Å². The molecule has 98 valence electrons. The van der Waals surface area contributed by atoms with E-state index in [1.807, 2.05) is 6.07 Å². The van der Waals surface area contributed by atoms with Crippen LogP contribution in [0.3, 0.4) is 0 Å². The summed E-state index contributed by atoms with van der Waals surface area (Å²) in [4.78, 5) is 21.6. The van der Waals surface area contributed by atoms with E-state index < -0.39 is 16.7 Å². The molecule has 8 heteroatoms. The summed E-state index contributed by atoms with van der Waals surface area (Å²) in [7, 11) is 0. The van der Waals surface area contributed by atoms with Crippen LogP contribution >= 0.6 is 38.5 Å². The van der Waals surface area contributed by atoms with E-state index in [9.17, 15) is 14.9 Å². The van der Waals surface area contributed by atoms with Crippen LogP contribution in [0.25, 0.3) is 0 Å². The minimum Gasteiger partial charge on any atom is -0.395 e. The zero-order valence-corrected chi connectivity index (χ0v) is 13.0. The topological polar surface area (TPSA) is 85.4 Å². The highest BCUT2D eigenvalue weighted by Crippen LogP contribution is 2.24. The fraction of sp³-hybridized carbons (Fsp3) is 0. The molecule has 1 heterocycles. The lowest BCUT2D eigenvalue weighted by Gasteiger charge is -2.05. The molecule has 6 nitrogen and oxygen atoms in total. The molecule has 1 N–H and O–H groups in total. The van der Waals surface area contributed by atoms with Gasteiger partial charge in [-0.25, -0.2) is 0 Å². The average molecular weight is 437 g/mol. The lowest BCUT2D eigenvalue weighted by molar-refractivity contribution is -0.402. The zero-order chi connectivity index (χ0) is 14.0. The van der Waals surface area contributed by atoms with Gasteiger partial charge in [0.15, 0.2) is 5.76 Å². The quantitative estimate of drug-likeness (QED) is 0.450. The Morgan fingerprint density at radius 1 is 1.37 bits per heavy atom. The molecule has 0 bridgehead atoms. The van der Waals surface area contributed by atoms with E-state index in [1.165, 1.54) is 6.07 Å². The molecule has 1 amide bonds. The Kier molecular flexibility index (Phi) is 4.20. The van der Waals surface area contributed by atoms with Gasteiger partial charge in [0.25, 0.3) is 5.91 Å². The number of nitrogens with one attached hydrogen (secondary N) is 1. The molecular formula is C11H6BrIN2O4. The number of benzene rings is 1. The molecule has 0 unspecified atom stereocenters. The van der Waals surface area contributed by atoms with Gasteiger partial charge < -0.3 is 9.73 Å². The largest absolute Gasteiger partial charge is 0.433 e. The first-order chi connectivity index (χ1) is 8.97. The molecule has 1 aromatic heterocycles. The highest BCUT2D eigenvalue weighted by atomic mass is 127. The van der Waals surface area contributed by atoms with Gasteiger partial charge in [-0.1, -0.05) is 15.9 Å². The Morgan fingerprint density at radius 2 is 2.11 bits per heavy atom. The summed E-state index contributed by atoms with van der Waals surface area (Å²) in [5.41, 5.74) is 0.604. The van der Waals surface area contributed by atoms with Gasteiger partial charge in [0.2, 0.25) is 0 Å². The van der Waals surface area contributed by atoms with Crippen molar-refractivity contribution in [1.29, 1.82) is 0 Å². The summed E-state index contributed by atoms with van der Waals surface area (Å²) < 4.78 is 6.55. The van der Waals surface area contributed by atoms with Crippen molar-refractivity contribution in [3.05, 3.63) is 54.2 Å². The maximum Gasteiger partial charge on any atom is 0.433 e. The summed E-state index contributed by atoms with van der Waals surface area (Å²) >= 11 is 5.39. The molecule has 0 fully saturated rings. The molecule has 0 aliphatic rings. The number of hydrogen-bond donors (Lipinski definition) is 1. The number of hydrogen-bond acceptors (Lipinski definition) is 4. The van der Waals surface area contributed by atoms with Gasteiger partial charge in [0.05, 0.1) is 11.8 Å². The van der Waals surface area contributed by atoms with Crippen molar-refractivity contribution in [2.45, 2.75) is 0 Å². The van der Waals surface area contributed by atoms with Crippen LogP contribution < -0.4 is 5.32 Å². The van der Waals surface area contributed by atoms with Gasteiger partial charge in [0, 0.05) is 8.04 Å². The van der Waals surface area contributed by atoms with Crippen molar-refractivity contribution in [2.75, 3.05) is 5.32 Å². The Labute approximate surface area is 129 Å². The number of carbonyl (C=O) groups is 1. The number of nitrogens with zero attached hydrogens (tertiary/aromatic N) is 1. The van der Waals surface area contributed by atoms with E-state index >= 15 is 0 Å². The van der Waals surface area contributed by atoms with Gasteiger partial charge in [-0.15, -0.1) is 0 Å². The van der Waals surface area contributed by atoms with Crippen LogP contribution in [0.1, 0.15) is 10.6 Å². The Hall–Kier alpha value is -1.42. The first kappa shape index (κ1) is 14.0. The Balaban J connectivity index is 2.18. The number of carbonyl (C=O) groups excluding carboxylic acids is 1. The van der Waals surface area contributed by atoms with Crippen LogP contribution in [0.2, 0.25) is 0 Å². The normalized spacial score (nSPS) is 10.2. The van der Waals surface area contributed by atoms with Crippen LogP contribution in [0, 0.1) is 13.7 Å². The molecule has 0 atom stereocenters. The lowest BCUT2D eigenvalue weighted by Crippen LogP contribution is -2.11. The summed E-state index contributed by atoms with van der Waals surface area (Å²) in [5.74, 6) is -1.10. The monoisotopic (exact) mass is 436 g/mol. The van der Waals surface area contributed by atoms with Crippen LogP contribution in [0.5, 0.6) is 0 Å². The smallest absolute Gasteiger partial charge is 0.395 e. The third-order valence-corrected chi connectivity index (χ3v) is 3.56. The number of rotatable bonds is 3. The van der Waals surface area contributed by atoms with Crippen molar-refractivity contribution >= 4 is 56.0 Å². The second-order valence-corrected chi connectivity index (χ2v) is 5.55. The molecule has 19 heavy (non-hydrogen) atoms. The number of amides is 1. The van der Waals surface area contributed by atoms with Gasteiger partial charge in [-0.05, 0) is 46.9 Å². The predicted molar refractivity (Wildman–Crippen MR) is 80.2 cm³/mol. The molecule has 1 aromatic carbocycles. The first-order valence-corrected chi connectivity index (χ1v) is 6.85. The summed E-state index contributed by atoms with van der Waals surface area (Å²) in [5, 5.41) is 13.1. The number of halogens is 2. The SMILES string of the molecule is O=C(Nc1ccc(Br)cc1I)c1ccc([N+](=O)[O-])o1. The fourth-order valence-corrected chi connectivity index (χ4v) is 2.76. The lowest BCUT2D eigenvalue weighted by atomic mass is 10.3. The first-order valence-electron chi connectivity index (χ1n) is 4.98. The summed E-state index contributed by atoms with van der Waals surface area (Å²) in [6, 6.07) is 7.74. The zero-order valence-electron chi connectivity index (χ0n) is 9.22. The molecule has 0 aliphatic carbocycles. The molecule has 2 aromatic rings. The Morgan fingerprint density at radius 3 is 2.68 bits per heavy atom. The minimum atomic E-state index is -0.694. The maximum atomic E-state index is 11.8. The van der Waals surface area contributed by atoms with Gasteiger partial charge >= 0.3 is 5.88 Å². The Bertz CT molecular complexity index is 656. The van der Waals surface area contributed by atoms with E-state index in [-0.39, 0.29) is 5.76 Å². The van der Waals surface area contributed by atoms with Crippen LogP contribution in [0.4, 0.5) is 11.6 Å². The average Bonchev–Trinajstić information content (AvgIpc) is 2.82. The van der Waals surface area contributed by atoms with E-state index in [1.54, 1.807) is 12.1 Å².